The van der Waals surface area contributed by atoms with Crippen LogP contribution < -0.4 is 4.74 Å². The fourth-order valence-electron chi connectivity index (χ4n) is 1.04. The molecule has 1 nitrogen and oxygen atoms in total. The molecule has 0 radical (unpaired) electrons. The summed E-state index contributed by atoms with van der Waals surface area (Å²) in [5, 5.41) is 0.654. The van der Waals surface area contributed by atoms with Gasteiger partial charge in [-0.1, -0.05) is 0 Å². The fourth-order valence-corrected chi connectivity index (χ4v) is 3.01. The topological polar surface area (TPSA) is 9.23 Å². The Hall–Kier alpha value is 0.383. The number of hydrogen-bond acceptors (Lipinski definition) is 1. The first kappa shape index (κ1) is 13.4. The summed E-state index contributed by atoms with van der Waals surface area (Å²) in [7, 11) is 11.7. The summed E-state index contributed by atoms with van der Waals surface area (Å²) < 4.78 is 7.45. The number of benzene rings is 1. The van der Waals surface area contributed by atoms with E-state index in [0.717, 1.165) is 11.3 Å². The van der Waals surface area contributed by atoms with Crippen molar-refractivity contribution in [3.05, 3.63) is 28.8 Å². The summed E-state index contributed by atoms with van der Waals surface area (Å²) in [6, 6.07) is 5.43. The summed E-state index contributed by atoms with van der Waals surface area (Å²) in [5.74, 6) is 0.773. The molecule has 5 heteroatoms. The summed E-state index contributed by atoms with van der Waals surface area (Å²) in [4.78, 5) is 0. The molecule has 0 unspecified atom stereocenters. The van der Waals surface area contributed by atoms with E-state index < -0.39 is 13.5 Å². The average Bonchev–Trinajstić information content (AvgIpc) is 2.08. The maximum absolute atomic E-state index is 5.89. The molecule has 0 atom stereocenters. The molecule has 0 amide bonds. The van der Waals surface area contributed by atoms with Crippen molar-refractivity contribution < 1.29 is 18.3 Å². The van der Waals surface area contributed by atoms with Gasteiger partial charge in [0.1, 0.15) is 0 Å². The molecule has 0 aliphatic heterocycles. The van der Waals surface area contributed by atoms with Crippen LogP contribution in [0.3, 0.4) is 0 Å². The van der Waals surface area contributed by atoms with Crippen LogP contribution in [-0.4, -0.2) is 10.7 Å². The van der Waals surface area contributed by atoms with Gasteiger partial charge in [0, 0.05) is 0 Å². The van der Waals surface area contributed by atoms with Gasteiger partial charge in [-0.05, 0) is 0 Å². The predicted molar refractivity (Wildman–Crippen MR) is 64.1 cm³/mol. The van der Waals surface area contributed by atoms with Crippen molar-refractivity contribution in [1.29, 1.82) is 0 Å². The molecule has 0 saturated carbocycles. The molecule has 0 fully saturated rings. The predicted octanol–water partition coefficient (Wildman–Crippen LogP) is 4.20. The van der Waals surface area contributed by atoms with Gasteiger partial charge in [0.15, 0.2) is 0 Å². The number of halogens is 3. The van der Waals surface area contributed by atoms with Gasteiger partial charge in [0.25, 0.3) is 0 Å². The Bertz CT molecular complexity index is 373. The van der Waals surface area contributed by atoms with E-state index in [1.165, 1.54) is 0 Å². The normalized spacial score (nSPS) is 11.5. The number of ether oxygens (including phenoxy) is 1. The van der Waals surface area contributed by atoms with Crippen molar-refractivity contribution in [2.24, 2.45) is 0 Å². The van der Waals surface area contributed by atoms with Crippen LogP contribution in [-0.2, 0) is 13.5 Å². The van der Waals surface area contributed by atoms with Crippen molar-refractivity contribution in [2.75, 3.05) is 0 Å². The Morgan fingerprint density at radius 3 is 2.53 bits per heavy atom. The van der Waals surface area contributed by atoms with Crippen LogP contribution in [0, 0.1) is 0 Å². The Kier molecular flexibility index (Phi) is 5.56. The van der Waals surface area contributed by atoms with E-state index in [1.807, 2.05) is 30.6 Å². The first-order chi connectivity index (χ1) is 6.99. The van der Waals surface area contributed by atoms with E-state index in [-0.39, 0.29) is 6.10 Å². The molecule has 0 heterocycles. The van der Waals surface area contributed by atoms with E-state index in [0.29, 0.717) is 5.02 Å². The summed E-state index contributed by atoms with van der Waals surface area (Å²) in [5.41, 5.74) is 0.875. The zero-order valence-electron chi connectivity index (χ0n) is 8.28. The standard InChI is InChI=1S/C10H11ClO.2ClH.Ru/c1-7(2)12-10-5-4-9(11)6-8(10)3;;;/h3-7H,1-2H3;2*1H;/q;;;+2/p-2. The van der Waals surface area contributed by atoms with Crippen molar-refractivity contribution in [3.63, 3.8) is 0 Å². The summed E-state index contributed by atoms with van der Waals surface area (Å²) in [6.07, 6.45) is 0.115. The zero-order chi connectivity index (χ0) is 11.4. The fraction of sp³-hybridized carbons (Fsp3) is 0.300. The molecule has 1 aromatic rings. The van der Waals surface area contributed by atoms with Gasteiger partial charge < -0.3 is 0 Å². The molecule has 1 rings (SSSR count). The Balaban J connectivity index is 3.08. The van der Waals surface area contributed by atoms with E-state index in [9.17, 15) is 0 Å². The minimum absolute atomic E-state index is 0.115. The molecule has 0 N–H and O–H groups in total. The Morgan fingerprint density at radius 2 is 2.00 bits per heavy atom. The molecular formula is C10H11Cl3ORu. The van der Waals surface area contributed by atoms with E-state index in [2.05, 4.69) is 0 Å². The van der Waals surface area contributed by atoms with Crippen LogP contribution in [0.25, 0.3) is 0 Å². The summed E-state index contributed by atoms with van der Waals surface area (Å²) in [6.45, 7) is 3.93. The second kappa shape index (κ2) is 6.20. The third-order valence-electron chi connectivity index (χ3n) is 1.52. The van der Waals surface area contributed by atoms with Crippen LogP contribution in [0.2, 0.25) is 5.02 Å². The molecule has 0 bridgehead atoms. The monoisotopic (exact) mass is 354 g/mol. The van der Waals surface area contributed by atoms with Crippen molar-refractivity contribution in [2.45, 2.75) is 20.0 Å². The number of hydrogen-bond donors (Lipinski definition) is 0. The van der Waals surface area contributed by atoms with Gasteiger partial charge in [-0.2, -0.15) is 0 Å². The molecule has 0 spiro atoms. The van der Waals surface area contributed by atoms with Crippen LogP contribution >= 0.6 is 31.0 Å². The van der Waals surface area contributed by atoms with Crippen molar-refractivity contribution >= 4 is 35.6 Å². The van der Waals surface area contributed by atoms with Gasteiger partial charge >= 0.3 is 108 Å². The first-order valence-corrected chi connectivity index (χ1v) is 10.1. The Labute approximate surface area is 108 Å². The van der Waals surface area contributed by atoms with Gasteiger partial charge in [0.2, 0.25) is 0 Å². The molecule has 15 heavy (non-hydrogen) atoms. The van der Waals surface area contributed by atoms with Gasteiger partial charge in [-0.25, -0.2) is 0 Å². The van der Waals surface area contributed by atoms with Gasteiger partial charge in [-0.3, -0.25) is 0 Å². The van der Waals surface area contributed by atoms with Crippen LogP contribution in [0.5, 0.6) is 5.75 Å². The maximum atomic E-state index is 5.89. The third-order valence-corrected chi connectivity index (χ3v) is 3.59. The molecular weight excluding hydrogens is 344 g/mol. The minimum atomic E-state index is -1.85. The second-order valence-corrected chi connectivity index (χ2v) is 9.32. The molecule has 1 aromatic carbocycles. The average molecular weight is 355 g/mol. The quantitative estimate of drug-likeness (QED) is 0.739. The molecule has 0 aromatic heterocycles. The Morgan fingerprint density at radius 1 is 1.33 bits per heavy atom. The second-order valence-electron chi connectivity index (χ2n) is 3.16. The first-order valence-electron chi connectivity index (χ1n) is 4.28. The van der Waals surface area contributed by atoms with E-state index in [4.69, 9.17) is 35.7 Å². The molecule has 0 aliphatic carbocycles. The molecule has 0 saturated heterocycles. The zero-order valence-corrected chi connectivity index (χ0v) is 12.3. The van der Waals surface area contributed by atoms with Crippen molar-refractivity contribution in [3.8, 4) is 5.75 Å². The van der Waals surface area contributed by atoms with Crippen LogP contribution in [0.15, 0.2) is 18.2 Å². The van der Waals surface area contributed by atoms with E-state index >= 15 is 0 Å². The van der Waals surface area contributed by atoms with Crippen molar-refractivity contribution in [1.82, 2.24) is 0 Å². The van der Waals surface area contributed by atoms with Gasteiger partial charge in [-0.15, -0.1) is 0 Å². The SMILES string of the molecule is CC(C)Oc1ccc(Cl)cc1[CH]=[Ru]([Cl])[Cl]. The van der Waals surface area contributed by atoms with Crippen LogP contribution in [0.4, 0.5) is 0 Å². The third kappa shape index (κ3) is 4.82. The molecule has 0 aliphatic rings. The van der Waals surface area contributed by atoms with Crippen LogP contribution in [0.1, 0.15) is 19.4 Å². The number of rotatable bonds is 3. The molecule has 86 valence electrons. The summed E-state index contributed by atoms with van der Waals surface area (Å²) >= 11 is 4.04. The van der Waals surface area contributed by atoms with E-state index in [1.54, 1.807) is 6.07 Å². The van der Waals surface area contributed by atoms with Gasteiger partial charge in [0.05, 0.1) is 0 Å².